The number of H-pyrrole nitrogens is 1. The Morgan fingerprint density at radius 3 is 2.75 bits per heavy atom. The number of aromatic hydroxyl groups is 1. The molecular weight excluding hydrogens is 487 g/mol. The van der Waals surface area contributed by atoms with E-state index in [-0.39, 0.29) is 34.8 Å². The molecule has 0 aliphatic carbocycles. The zero-order chi connectivity index (χ0) is 25.7. The minimum Gasteiger partial charge on any atom is -0.506 e. The van der Waals surface area contributed by atoms with E-state index in [4.69, 9.17) is 11.6 Å². The highest BCUT2D eigenvalue weighted by Gasteiger charge is 2.21. The maximum atomic E-state index is 13.9. The molecule has 1 amide bonds. The Balaban J connectivity index is 1.19. The summed E-state index contributed by atoms with van der Waals surface area (Å²) < 4.78 is 13.9. The highest BCUT2D eigenvalue weighted by molar-refractivity contribution is 6.30. The standard InChI is InChI=1S/C26H30ClFN4O4/c27-20-3-1-2-16(25(20)28)14-30-23(35)10-13-32-11-8-17(9-12-32)29-15-22(34)18-4-6-21(33)26-19(18)5-7-24(36)31-26/h1-7,17,22,29,33-34H,8-15H2,(H,30,35)(H,31,36)/t22-/m1/s1. The Morgan fingerprint density at radius 2 is 1.97 bits per heavy atom. The molecule has 0 unspecified atom stereocenters. The highest BCUT2D eigenvalue weighted by Crippen LogP contribution is 2.28. The SMILES string of the molecule is O=C(CCN1CCC(NC[C@@H](O)c2ccc(O)c3[nH]c(=O)ccc23)CC1)NCc1cccc(Cl)c1F. The van der Waals surface area contributed by atoms with E-state index in [2.05, 4.69) is 20.5 Å². The third kappa shape index (κ3) is 6.41. The van der Waals surface area contributed by atoms with E-state index in [9.17, 15) is 24.2 Å². The Labute approximate surface area is 213 Å². The molecule has 36 heavy (non-hydrogen) atoms. The van der Waals surface area contributed by atoms with Gasteiger partial charge in [0.15, 0.2) is 0 Å². The summed E-state index contributed by atoms with van der Waals surface area (Å²) in [7, 11) is 0. The zero-order valence-electron chi connectivity index (χ0n) is 19.8. The van der Waals surface area contributed by atoms with Gasteiger partial charge in [0.1, 0.15) is 11.6 Å². The van der Waals surface area contributed by atoms with Gasteiger partial charge in [-0.2, -0.15) is 0 Å². The highest BCUT2D eigenvalue weighted by atomic mass is 35.5. The van der Waals surface area contributed by atoms with Crippen molar-refractivity contribution < 1.29 is 19.4 Å². The number of nitrogens with zero attached hydrogens (tertiary/aromatic N) is 1. The molecule has 10 heteroatoms. The summed E-state index contributed by atoms with van der Waals surface area (Å²) >= 11 is 5.77. The van der Waals surface area contributed by atoms with Crippen LogP contribution in [0.4, 0.5) is 4.39 Å². The number of pyridine rings is 1. The average Bonchev–Trinajstić information content (AvgIpc) is 2.88. The summed E-state index contributed by atoms with van der Waals surface area (Å²) in [6.07, 6.45) is 1.29. The maximum Gasteiger partial charge on any atom is 0.248 e. The zero-order valence-corrected chi connectivity index (χ0v) is 20.5. The third-order valence-corrected chi connectivity index (χ3v) is 6.91. The van der Waals surface area contributed by atoms with Gasteiger partial charge in [-0.1, -0.05) is 29.8 Å². The van der Waals surface area contributed by atoms with Crippen LogP contribution in [0.2, 0.25) is 5.02 Å². The number of amides is 1. The number of rotatable bonds is 9. The predicted octanol–water partition coefficient (Wildman–Crippen LogP) is 2.82. The monoisotopic (exact) mass is 516 g/mol. The number of hydrogen-bond donors (Lipinski definition) is 5. The summed E-state index contributed by atoms with van der Waals surface area (Å²) in [5.74, 6) is -0.683. The van der Waals surface area contributed by atoms with E-state index in [0.29, 0.717) is 41.5 Å². The first-order valence-electron chi connectivity index (χ1n) is 12.0. The number of phenols is 1. The van der Waals surface area contributed by atoms with E-state index >= 15 is 0 Å². The van der Waals surface area contributed by atoms with Crippen molar-refractivity contribution in [2.45, 2.75) is 38.0 Å². The molecule has 3 aromatic rings. The summed E-state index contributed by atoms with van der Waals surface area (Å²) in [6, 6.07) is 11.1. The van der Waals surface area contributed by atoms with E-state index in [0.717, 1.165) is 25.9 Å². The molecule has 1 aliphatic rings. The van der Waals surface area contributed by atoms with Crippen molar-refractivity contribution in [1.29, 1.82) is 0 Å². The first-order chi connectivity index (χ1) is 17.3. The quantitative estimate of drug-likeness (QED) is 0.298. The number of aromatic nitrogens is 1. The van der Waals surface area contributed by atoms with Crippen LogP contribution in [0.1, 0.15) is 36.5 Å². The number of aliphatic hydroxyl groups excluding tert-OH is 1. The number of likely N-dealkylation sites (tertiary alicyclic amines) is 1. The van der Waals surface area contributed by atoms with Gasteiger partial charge in [0.05, 0.1) is 16.6 Å². The lowest BCUT2D eigenvalue weighted by Gasteiger charge is -2.32. The van der Waals surface area contributed by atoms with Crippen LogP contribution in [0.5, 0.6) is 5.75 Å². The molecule has 192 valence electrons. The fraction of sp³-hybridized carbons (Fsp3) is 0.385. The first kappa shape index (κ1) is 26.1. The lowest BCUT2D eigenvalue weighted by Crippen LogP contribution is -2.44. The van der Waals surface area contributed by atoms with E-state index in [1.807, 2.05) is 0 Å². The van der Waals surface area contributed by atoms with Crippen LogP contribution < -0.4 is 16.2 Å². The van der Waals surface area contributed by atoms with Gasteiger partial charge in [-0.15, -0.1) is 0 Å². The number of carbonyl (C=O) groups excluding carboxylic acids is 1. The minimum atomic E-state index is -0.801. The molecule has 0 saturated carbocycles. The lowest BCUT2D eigenvalue weighted by molar-refractivity contribution is -0.121. The van der Waals surface area contributed by atoms with Crippen LogP contribution in [0.3, 0.4) is 0 Å². The second-order valence-corrected chi connectivity index (χ2v) is 9.47. The number of nitrogens with one attached hydrogen (secondary N) is 3. The van der Waals surface area contributed by atoms with Crippen LogP contribution in [-0.2, 0) is 11.3 Å². The molecule has 0 bridgehead atoms. The molecule has 5 N–H and O–H groups in total. The summed E-state index contributed by atoms with van der Waals surface area (Å²) in [5.41, 5.74) is 0.988. The molecule has 4 rings (SSSR count). The van der Waals surface area contributed by atoms with Gasteiger partial charge in [-0.05, 0) is 49.7 Å². The number of halogens is 2. The van der Waals surface area contributed by atoms with Crippen molar-refractivity contribution in [2.75, 3.05) is 26.2 Å². The van der Waals surface area contributed by atoms with Gasteiger partial charge in [0.25, 0.3) is 0 Å². The van der Waals surface area contributed by atoms with Crippen LogP contribution >= 0.6 is 11.6 Å². The molecule has 1 aliphatic heterocycles. The van der Waals surface area contributed by atoms with Gasteiger partial charge in [0.2, 0.25) is 11.5 Å². The molecule has 1 atom stereocenters. The van der Waals surface area contributed by atoms with Gasteiger partial charge >= 0.3 is 0 Å². The Hall–Kier alpha value is -2.98. The number of benzene rings is 2. The predicted molar refractivity (Wildman–Crippen MR) is 137 cm³/mol. The van der Waals surface area contributed by atoms with Crippen LogP contribution in [-0.4, -0.2) is 58.2 Å². The normalized spacial score (nSPS) is 15.8. The van der Waals surface area contributed by atoms with Crippen LogP contribution in [0.25, 0.3) is 10.9 Å². The molecule has 1 saturated heterocycles. The number of fused-ring (bicyclic) bond motifs is 1. The first-order valence-corrected chi connectivity index (χ1v) is 12.4. The van der Waals surface area contributed by atoms with Crippen LogP contribution in [0, 0.1) is 5.82 Å². The van der Waals surface area contributed by atoms with Gasteiger partial charge in [-0.25, -0.2) is 4.39 Å². The maximum absolute atomic E-state index is 13.9. The average molecular weight is 517 g/mol. The third-order valence-electron chi connectivity index (χ3n) is 6.62. The lowest BCUT2D eigenvalue weighted by atomic mass is 10.0. The summed E-state index contributed by atoms with van der Waals surface area (Å²) in [5, 5.41) is 27.6. The molecule has 1 fully saturated rings. The van der Waals surface area contributed by atoms with Gasteiger partial charge in [-0.3, -0.25) is 9.59 Å². The Bertz CT molecular complexity index is 1280. The van der Waals surface area contributed by atoms with Crippen molar-refractivity contribution in [1.82, 2.24) is 20.5 Å². The van der Waals surface area contributed by atoms with Crippen molar-refractivity contribution in [3.05, 3.63) is 74.8 Å². The number of aliphatic hydroxyl groups is 1. The largest absolute Gasteiger partial charge is 0.506 e. The van der Waals surface area contributed by atoms with Gasteiger partial charge in [0, 0.05) is 49.1 Å². The van der Waals surface area contributed by atoms with Gasteiger partial charge < -0.3 is 30.7 Å². The fourth-order valence-corrected chi connectivity index (χ4v) is 4.72. The molecule has 2 aromatic carbocycles. The molecule has 2 heterocycles. The Morgan fingerprint density at radius 1 is 1.19 bits per heavy atom. The topological polar surface area (TPSA) is 118 Å². The molecule has 8 nitrogen and oxygen atoms in total. The minimum absolute atomic E-state index is 0.0377. The molecule has 0 radical (unpaired) electrons. The number of aromatic amines is 1. The number of phenolic OH excluding ortho intramolecular Hbond substituents is 1. The number of hydrogen-bond acceptors (Lipinski definition) is 6. The van der Waals surface area contributed by atoms with Crippen molar-refractivity contribution in [3.8, 4) is 5.75 Å². The van der Waals surface area contributed by atoms with Crippen molar-refractivity contribution >= 4 is 28.4 Å². The second-order valence-electron chi connectivity index (χ2n) is 9.06. The van der Waals surface area contributed by atoms with E-state index in [1.54, 1.807) is 24.3 Å². The smallest absolute Gasteiger partial charge is 0.248 e. The van der Waals surface area contributed by atoms with Crippen LogP contribution in [0.15, 0.2) is 47.3 Å². The van der Waals surface area contributed by atoms with E-state index < -0.39 is 11.9 Å². The van der Waals surface area contributed by atoms with Crippen molar-refractivity contribution in [2.24, 2.45) is 0 Å². The van der Waals surface area contributed by atoms with E-state index in [1.165, 1.54) is 18.2 Å². The molecular formula is C26H30ClFN4O4. The number of carbonyl (C=O) groups is 1. The van der Waals surface area contributed by atoms with Crippen molar-refractivity contribution in [3.63, 3.8) is 0 Å². The number of piperidine rings is 1. The fourth-order valence-electron chi connectivity index (χ4n) is 4.53. The molecule has 0 spiro atoms. The second kappa shape index (κ2) is 11.8. The molecule has 1 aromatic heterocycles. The summed E-state index contributed by atoms with van der Waals surface area (Å²) in [4.78, 5) is 28.6. The summed E-state index contributed by atoms with van der Waals surface area (Å²) in [6.45, 7) is 2.72. The Kier molecular flexibility index (Phi) is 8.58.